The summed E-state index contributed by atoms with van der Waals surface area (Å²) in [6, 6.07) is 0. The van der Waals surface area contributed by atoms with Crippen molar-refractivity contribution in [2.75, 3.05) is 166 Å². The smallest absolute Gasteiger partial charge is 0.305 e. The van der Waals surface area contributed by atoms with Gasteiger partial charge in [0.05, 0.1) is 152 Å². The Morgan fingerprint density at radius 2 is 0.571 bits per heavy atom. The van der Waals surface area contributed by atoms with Gasteiger partial charge in [0.25, 0.3) is 0 Å². The van der Waals surface area contributed by atoms with Gasteiger partial charge in [-0.15, -0.1) is 0 Å². The molecule has 0 saturated heterocycles. The second kappa shape index (κ2) is 45.0. The minimum absolute atomic E-state index is 0.141. The lowest BCUT2D eigenvalue weighted by atomic mass is 10.1. The fourth-order valence-electron chi connectivity index (χ4n) is 3.96. The predicted molar refractivity (Wildman–Crippen MR) is 184 cm³/mol. The minimum atomic E-state index is -0.141. The summed E-state index contributed by atoms with van der Waals surface area (Å²) in [7, 11) is 1.64. The molecule has 0 rings (SSSR count). The summed E-state index contributed by atoms with van der Waals surface area (Å²) in [6.07, 6.45) is 8.79. The zero-order valence-electron chi connectivity index (χ0n) is 30.8. The number of hydrogen-bond acceptors (Lipinski definition) is 14. The molecule has 0 unspecified atom stereocenters. The summed E-state index contributed by atoms with van der Waals surface area (Å²) < 4.78 is 70.0. The van der Waals surface area contributed by atoms with Crippen molar-refractivity contribution in [3.8, 4) is 0 Å². The molecule has 0 N–H and O–H groups in total. The predicted octanol–water partition coefficient (Wildman–Crippen LogP) is 3.50. The fourth-order valence-corrected chi connectivity index (χ4v) is 3.96. The molecule has 0 aliphatic carbocycles. The third-order valence-corrected chi connectivity index (χ3v) is 6.63. The number of esters is 1. The van der Waals surface area contributed by atoms with E-state index in [1.165, 1.54) is 32.1 Å². The Bertz CT molecular complexity index is 617. The summed E-state index contributed by atoms with van der Waals surface area (Å²) in [5.41, 5.74) is 0. The van der Waals surface area contributed by atoms with Gasteiger partial charge in [0, 0.05) is 13.5 Å². The van der Waals surface area contributed by atoms with Gasteiger partial charge in [-0.1, -0.05) is 45.4 Å². The lowest BCUT2D eigenvalue weighted by molar-refractivity contribution is -0.145. The van der Waals surface area contributed by atoms with Gasteiger partial charge in [-0.2, -0.15) is 0 Å². The monoisotopic (exact) mass is 714 g/mol. The van der Waals surface area contributed by atoms with E-state index in [0.717, 1.165) is 12.8 Å². The van der Waals surface area contributed by atoms with Gasteiger partial charge in [0.1, 0.15) is 6.61 Å². The summed E-state index contributed by atoms with van der Waals surface area (Å²) >= 11 is 0. The Kier molecular flexibility index (Phi) is 44.1. The molecule has 294 valence electrons. The van der Waals surface area contributed by atoms with Gasteiger partial charge in [0.2, 0.25) is 0 Å². The molecule has 49 heavy (non-hydrogen) atoms. The SMILES string of the molecule is CCCCCCCCCC(=O)OCCOCCOCCOCCOCCOCCOCCOCCOCCOCCOCCOCCOC. The van der Waals surface area contributed by atoms with E-state index in [4.69, 9.17) is 61.6 Å². The first-order valence-electron chi connectivity index (χ1n) is 18.3. The summed E-state index contributed by atoms with van der Waals surface area (Å²) in [5.74, 6) is -0.141. The van der Waals surface area contributed by atoms with E-state index in [9.17, 15) is 4.79 Å². The first kappa shape index (κ1) is 48.0. The van der Waals surface area contributed by atoms with E-state index in [1.807, 2.05) is 0 Å². The fraction of sp³-hybridized carbons (Fsp3) is 0.971. The lowest BCUT2D eigenvalue weighted by Crippen LogP contribution is -2.15. The van der Waals surface area contributed by atoms with Crippen LogP contribution in [-0.4, -0.2) is 172 Å². The van der Waals surface area contributed by atoms with E-state index >= 15 is 0 Å². The first-order chi connectivity index (χ1) is 24.3. The molecular formula is C35H70O14. The molecule has 0 aromatic heterocycles. The highest BCUT2D eigenvalue weighted by atomic mass is 16.6. The van der Waals surface area contributed by atoms with E-state index < -0.39 is 0 Å². The van der Waals surface area contributed by atoms with Crippen LogP contribution in [-0.2, 0) is 66.4 Å². The van der Waals surface area contributed by atoms with E-state index in [-0.39, 0.29) is 12.6 Å². The minimum Gasteiger partial charge on any atom is -0.463 e. The summed E-state index contributed by atoms with van der Waals surface area (Å²) in [4.78, 5) is 11.7. The second-order valence-electron chi connectivity index (χ2n) is 10.8. The van der Waals surface area contributed by atoms with Crippen LogP contribution in [0.5, 0.6) is 0 Å². The van der Waals surface area contributed by atoms with Gasteiger partial charge >= 0.3 is 5.97 Å². The van der Waals surface area contributed by atoms with Crippen LogP contribution < -0.4 is 0 Å². The van der Waals surface area contributed by atoms with Crippen molar-refractivity contribution in [2.24, 2.45) is 0 Å². The number of rotatable bonds is 44. The molecule has 0 aliphatic rings. The van der Waals surface area contributed by atoms with E-state index in [0.29, 0.717) is 158 Å². The highest BCUT2D eigenvalue weighted by Gasteiger charge is 2.03. The zero-order chi connectivity index (χ0) is 35.4. The van der Waals surface area contributed by atoms with Gasteiger partial charge in [-0.05, 0) is 6.42 Å². The van der Waals surface area contributed by atoms with E-state index in [1.54, 1.807) is 7.11 Å². The highest BCUT2D eigenvalue weighted by molar-refractivity contribution is 5.69. The molecule has 14 nitrogen and oxygen atoms in total. The topological polar surface area (TPSA) is 137 Å². The molecule has 0 bridgehead atoms. The zero-order valence-corrected chi connectivity index (χ0v) is 30.8. The molecule has 0 aromatic rings. The number of methoxy groups -OCH3 is 1. The third kappa shape index (κ3) is 45.0. The van der Waals surface area contributed by atoms with Crippen LogP contribution in [0.25, 0.3) is 0 Å². The molecule has 0 heterocycles. The molecule has 0 radical (unpaired) electrons. The Hall–Kier alpha value is -1.01. The van der Waals surface area contributed by atoms with Gasteiger partial charge in [-0.25, -0.2) is 0 Å². The average molecular weight is 715 g/mol. The number of hydrogen-bond donors (Lipinski definition) is 0. The molecular weight excluding hydrogens is 644 g/mol. The van der Waals surface area contributed by atoms with Crippen molar-refractivity contribution in [1.82, 2.24) is 0 Å². The van der Waals surface area contributed by atoms with Gasteiger partial charge in [0.15, 0.2) is 0 Å². The van der Waals surface area contributed by atoms with E-state index in [2.05, 4.69) is 6.92 Å². The number of carbonyl (C=O) groups is 1. The molecule has 0 atom stereocenters. The molecule has 0 saturated carbocycles. The first-order valence-corrected chi connectivity index (χ1v) is 18.3. The number of carbonyl (C=O) groups excluding carboxylic acids is 1. The maximum absolute atomic E-state index is 11.7. The largest absolute Gasteiger partial charge is 0.463 e. The van der Waals surface area contributed by atoms with Gasteiger partial charge in [-0.3, -0.25) is 4.79 Å². The molecule has 14 heteroatoms. The van der Waals surface area contributed by atoms with Crippen LogP contribution in [0.1, 0.15) is 58.3 Å². The Morgan fingerprint density at radius 3 is 0.857 bits per heavy atom. The van der Waals surface area contributed by atoms with Crippen LogP contribution >= 0.6 is 0 Å². The maximum Gasteiger partial charge on any atom is 0.305 e. The standard InChI is InChI=1S/C35H70O14/c1-3-4-5-6-7-8-9-10-35(36)49-34-33-48-32-31-47-30-29-46-28-27-45-26-25-44-24-23-43-22-21-42-20-19-41-18-17-40-16-15-39-14-13-38-12-11-37-2/h3-34H2,1-2H3. The van der Waals surface area contributed by atoms with Crippen molar-refractivity contribution in [1.29, 1.82) is 0 Å². The highest BCUT2D eigenvalue weighted by Crippen LogP contribution is 2.08. The van der Waals surface area contributed by atoms with Gasteiger partial charge < -0.3 is 61.6 Å². The lowest BCUT2D eigenvalue weighted by Gasteiger charge is -2.09. The molecule has 0 aliphatic heterocycles. The van der Waals surface area contributed by atoms with Crippen molar-refractivity contribution >= 4 is 5.97 Å². The van der Waals surface area contributed by atoms with Crippen molar-refractivity contribution in [2.45, 2.75) is 58.3 Å². The molecule has 0 amide bonds. The number of ether oxygens (including phenoxy) is 13. The Morgan fingerprint density at radius 1 is 0.327 bits per heavy atom. The third-order valence-electron chi connectivity index (χ3n) is 6.63. The maximum atomic E-state index is 11.7. The molecule has 0 aromatic carbocycles. The summed E-state index contributed by atoms with van der Waals surface area (Å²) in [5, 5.41) is 0. The molecule has 0 fully saturated rings. The Balaban J connectivity index is 3.09. The quantitative estimate of drug-likeness (QED) is 0.0673. The van der Waals surface area contributed by atoms with Crippen molar-refractivity contribution in [3.05, 3.63) is 0 Å². The average Bonchev–Trinajstić information content (AvgIpc) is 3.11. The normalized spacial score (nSPS) is 11.5. The van der Waals surface area contributed by atoms with Crippen LogP contribution in [0.15, 0.2) is 0 Å². The second-order valence-corrected chi connectivity index (χ2v) is 10.8. The van der Waals surface area contributed by atoms with Crippen molar-refractivity contribution < 1.29 is 66.4 Å². The van der Waals surface area contributed by atoms with Crippen LogP contribution in [0.3, 0.4) is 0 Å². The number of unbranched alkanes of at least 4 members (excludes halogenated alkanes) is 6. The Labute approximate surface area is 296 Å². The van der Waals surface area contributed by atoms with Crippen LogP contribution in [0.4, 0.5) is 0 Å². The van der Waals surface area contributed by atoms with Crippen LogP contribution in [0, 0.1) is 0 Å². The van der Waals surface area contributed by atoms with Crippen LogP contribution in [0.2, 0.25) is 0 Å². The van der Waals surface area contributed by atoms with Crippen molar-refractivity contribution in [3.63, 3.8) is 0 Å². The summed E-state index contributed by atoms with van der Waals surface area (Å²) in [6.45, 7) is 14.2. The molecule has 0 spiro atoms.